The van der Waals surface area contributed by atoms with E-state index in [4.69, 9.17) is 5.73 Å². The molecule has 4 amide bonds. The van der Waals surface area contributed by atoms with E-state index < -0.39 is 90.2 Å². The molecule has 5 rings (SSSR count). The van der Waals surface area contributed by atoms with Gasteiger partial charge in [0, 0.05) is 61.9 Å². The number of nitrogens with two attached hydrogens (primary N) is 1. The first-order valence-electron chi connectivity index (χ1n) is 23.5. The molecule has 8 N–H and O–H groups in total. The Bertz CT molecular complexity index is 2490. The fourth-order valence-electron chi connectivity index (χ4n) is 8.60. The number of aromatic hydroxyl groups is 2. The summed E-state index contributed by atoms with van der Waals surface area (Å²) in [5.41, 5.74) is 10.1. The number of carbonyl (C=O) groups excluding carboxylic acids is 6. The molecule has 4 bridgehead atoms. The second-order valence-corrected chi connectivity index (χ2v) is 18.0. The zero-order valence-corrected chi connectivity index (χ0v) is 39.9. The van der Waals surface area contributed by atoms with Gasteiger partial charge in [0.05, 0.1) is 12.6 Å². The number of carboxylic acids is 1. The van der Waals surface area contributed by atoms with E-state index in [-0.39, 0.29) is 53.0 Å². The predicted octanol–water partition coefficient (Wildman–Crippen LogP) is 5.34. The number of fused-ring (bicyclic) bond motifs is 5. The van der Waals surface area contributed by atoms with Gasteiger partial charge in [-0.2, -0.15) is 0 Å². The minimum Gasteiger partial charge on any atom is -0.507 e. The van der Waals surface area contributed by atoms with Crippen molar-refractivity contribution < 1.29 is 54.0 Å². The van der Waals surface area contributed by atoms with Crippen molar-refractivity contribution in [2.75, 3.05) is 27.2 Å². The largest absolute Gasteiger partial charge is 0.507 e. The summed E-state index contributed by atoms with van der Waals surface area (Å²) in [5.74, 6) is -7.71. The summed E-state index contributed by atoms with van der Waals surface area (Å²) < 4.78 is 0. The normalized spacial score (nSPS) is 17.3. The van der Waals surface area contributed by atoms with Crippen molar-refractivity contribution in [1.29, 1.82) is 0 Å². The van der Waals surface area contributed by atoms with E-state index in [1.807, 2.05) is 24.3 Å². The summed E-state index contributed by atoms with van der Waals surface area (Å²) >= 11 is 0. The van der Waals surface area contributed by atoms with Crippen LogP contribution >= 0.6 is 0 Å². The second kappa shape index (κ2) is 24.4. The Labute approximate surface area is 402 Å². The van der Waals surface area contributed by atoms with E-state index in [0.29, 0.717) is 24.9 Å². The number of aliphatic carboxylic acids is 1. The number of amides is 4. The Kier molecular flexibility index (Phi) is 18.8. The minimum absolute atomic E-state index is 0.0938. The Morgan fingerprint density at radius 1 is 0.841 bits per heavy atom. The molecule has 1 aliphatic rings. The smallest absolute Gasteiger partial charge is 0.326 e. The van der Waals surface area contributed by atoms with Gasteiger partial charge in [0.1, 0.15) is 29.6 Å². The molecule has 16 heteroatoms. The lowest BCUT2D eigenvalue weighted by molar-refractivity contribution is -0.144. The van der Waals surface area contributed by atoms with E-state index >= 15 is 0 Å². The molecular formula is C53H65N5O11. The number of carbonyl (C=O) groups is 7. The highest BCUT2D eigenvalue weighted by Gasteiger charge is 2.37. The zero-order valence-electron chi connectivity index (χ0n) is 39.9. The maximum atomic E-state index is 14.7. The molecule has 4 aromatic rings. The number of aliphatic hydroxyl groups is 1. The number of nitrogens with one attached hydrogen (secondary N) is 2. The second-order valence-electron chi connectivity index (χ2n) is 18.0. The van der Waals surface area contributed by atoms with Crippen LogP contribution in [0.15, 0.2) is 84.9 Å². The third kappa shape index (κ3) is 13.4. The molecule has 0 radical (unpaired) electrons. The molecule has 4 aromatic carbocycles. The molecular weight excluding hydrogens is 883 g/mol. The zero-order chi connectivity index (χ0) is 50.5. The number of ketones is 2. The van der Waals surface area contributed by atoms with Gasteiger partial charge >= 0.3 is 5.97 Å². The molecule has 0 aliphatic carbocycles. The first-order chi connectivity index (χ1) is 32.9. The molecule has 16 nitrogen and oxygen atoms in total. The van der Waals surface area contributed by atoms with Crippen LogP contribution in [0.2, 0.25) is 0 Å². The molecule has 0 spiro atoms. The van der Waals surface area contributed by atoms with E-state index in [9.17, 15) is 54.0 Å². The van der Waals surface area contributed by atoms with Gasteiger partial charge < -0.3 is 46.6 Å². The number of carboxylic acid groups (broad SMARTS) is 1. The van der Waals surface area contributed by atoms with Crippen molar-refractivity contribution >= 4 is 41.2 Å². The molecule has 0 aromatic heterocycles. The van der Waals surface area contributed by atoms with Crippen LogP contribution in [0.1, 0.15) is 98.8 Å². The number of likely N-dealkylation sites (N-methyl/N-ethyl adjacent to an activating group) is 2. The van der Waals surface area contributed by atoms with Crippen molar-refractivity contribution in [1.82, 2.24) is 20.4 Å². The van der Waals surface area contributed by atoms with Gasteiger partial charge in [0.15, 0.2) is 11.6 Å². The summed E-state index contributed by atoms with van der Waals surface area (Å²) in [4.78, 5) is 98.1. The lowest BCUT2D eigenvalue weighted by Crippen LogP contribution is -2.53. The molecule has 0 saturated carbocycles. The SMILES string of the molecule is CCCCc1ccc(-c2ccc(C(=O)N(C)[C@H](CO)C(=O)N[C@H](C)C(=O)C[C@@H](CCCCN)C(=O)N(C)[C@@H]3C(=O)C[C@@H](C)C(=O)N[C@H](C(=O)O)Cc4ccc(O)c(c4)-c4cc3ccc4O)cc2)cc1. The Hall–Kier alpha value is -6.91. The van der Waals surface area contributed by atoms with E-state index in [2.05, 4.69) is 29.7 Å². The minimum atomic E-state index is -1.39. The molecule has 1 heterocycles. The molecule has 69 heavy (non-hydrogen) atoms. The van der Waals surface area contributed by atoms with Crippen molar-refractivity contribution in [2.45, 2.75) is 103 Å². The highest BCUT2D eigenvalue weighted by Crippen LogP contribution is 2.39. The number of Topliss-reactive ketones (excluding diaryl/α,β-unsaturated/α-hetero) is 2. The standard InChI is InChI=1S/C53H65N5O11/c1-6-7-10-33-12-15-35(16-13-33)36-17-19-37(20-18-36)51(66)57(4)43(30-59)50(65)55-32(3)46(62)29-39(11-8-9-24-54)52(67)58(5)48-38-21-23-45(61)41(28-38)40-26-34(14-22-44(40)60)27-42(53(68)69)56-49(64)31(2)25-47(48)63/h12-23,26,28,31-32,39,42-43,48,59-61H,6-11,24-25,27,29-30,54H2,1-5H3,(H,55,65)(H,56,64)(H,68,69)/t31-,32-,39-,42+,43-,48+/m1/s1. The summed E-state index contributed by atoms with van der Waals surface area (Å²) in [5, 5.41) is 47.4. The van der Waals surface area contributed by atoms with Crippen LogP contribution in [-0.4, -0.2) is 117 Å². The third-order valence-electron chi connectivity index (χ3n) is 12.9. The highest BCUT2D eigenvalue weighted by molar-refractivity contribution is 6.00. The molecule has 1 aliphatic heterocycles. The predicted molar refractivity (Wildman–Crippen MR) is 260 cm³/mol. The maximum absolute atomic E-state index is 14.7. The number of hydrogen-bond donors (Lipinski definition) is 7. The lowest BCUT2D eigenvalue weighted by Gasteiger charge is -2.32. The molecule has 0 unspecified atom stereocenters. The van der Waals surface area contributed by atoms with Crippen LogP contribution in [0.4, 0.5) is 0 Å². The third-order valence-corrected chi connectivity index (χ3v) is 12.9. The molecule has 0 saturated heterocycles. The molecule has 6 atom stereocenters. The molecule has 368 valence electrons. The number of unbranched alkanes of at least 4 members (excludes halogenated alkanes) is 2. The highest BCUT2D eigenvalue weighted by atomic mass is 16.4. The average Bonchev–Trinajstić information content (AvgIpc) is 3.33. The van der Waals surface area contributed by atoms with E-state index in [0.717, 1.165) is 35.3 Å². The number of benzene rings is 4. The first kappa shape index (κ1) is 53.1. The van der Waals surface area contributed by atoms with Crippen LogP contribution in [-0.2, 0) is 41.6 Å². The van der Waals surface area contributed by atoms with Crippen LogP contribution in [0.3, 0.4) is 0 Å². The average molecular weight is 948 g/mol. The first-order valence-corrected chi connectivity index (χ1v) is 23.5. The monoisotopic (exact) mass is 947 g/mol. The van der Waals surface area contributed by atoms with Crippen LogP contribution < -0.4 is 16.4 Å². The maximum Gasteiger partial charge on any atom is 0.326 e. The van der Waals surface area contributed by atoms with Gasteiger partial charge in [0.2, 0.25) is 17.7 Å². The van der Waals surface area contributed by atoms with Crippen molar-refractivity contribution in [3.8, 4) is 33.8 Å². The van der Waals surface area contributed by atoms with Gasteiger partial charge in [-0.1, -0.05) is 75.2 Å². The number of hydrogen-bond acceptors (Lipinski definition) is 11. The Balaban J connectivity index is 1.35. The van der Waals surface area contributed by atoms with E-state index in [1.165, 1.54) is 74.8 Å². The van der Waals surface area contributed by atoms with Gasteiger partial charge in [0.25, 0.3) is 5.91 Å². The summed E-state index contributed by atoms with van der Waals surface area (Å²) in [6.07, 6.45) is 3.37. The fourth-order valence-corrected chi connectivity index (χ4v) is 8.60. The number of rotatable bonds is 19. The Morgan fingerprint density at radius 2 is 1.46 bits per heavy atom. The Morgan fingerprint density at radius 3 is 2.07 bits per heavy atom. The number of nitrogens with zero attached hydrogens (tertiary/aromatic N) is 2. The summed E-state index contributed by atoms with van der Waals surface area (Å²) in [6, 6.07) is 18.3. The number of aliphatic hydroxyl groups excluding tert-OH is 1. The van der Waals surface area contributed by atoms with Crippen molar-refractivity contribution in [3.63, 3.8) is 0 Å². The van der Waals surface area contributed by atoms with Crippen LogP contribution in [0.5, 0.6) is 11.5 Å². The quantitative estimate of drug-likeness (QED) is 0.0589. The number of phenols is 2. The molecule has 0 fully saturated rings. The fraction of sp³-hybridized carbons (Fsp3) is 0.415. The van der Waals surface area contributed by atoms with Gasteiger partial charge in [-0.25, -0.2) is 4.79 Å². The summed E-state index contributed by atoms with van der Waals surface area (Å²) in [6.45, 7) is 4.60. The lowest BCUT2D eigenvalue weighted by atomic mass is 9.88. The van der Waals surface area contributed by atoms with Crippen molar-refractivity contribution in [3.05, 3.63) is 107 Å². The van der Waals surface area contributed by atoms with E-state index in [1.54, 1.807) is 12.1 Å². The van der Waals surface area contributed by atoms with Crippen molar-refractivity contribution in [2.24, 2.45) is 17.6 Å². The topological polar surface area (TPSA) is 257 Å². The van der Waals surface area contributed by atoms with Crippen LogP contribution in [0.25, 0.3) is 22.3 Å². The number of phenolic OH excluding ortho intramolecular Hbond substituents is 2. The van der Waals surface area contributed by atoms with Gasteiger partial charge in [-0.05, 0) is 103 Å². The summed E-state index contributed by atoms with van der Waals surface area (Å²) in [7, 11) is 2.76. The number of aryl methyl sites for hydroxylation is 1. The van der Waals surface area contributed by atoms with Gasteiger partial charge in [-0.3, -0.25) is 28.8 Å². The van der Waals surface area contributed by atoms with Crippen LogP contribution in [0, 0.1) is 11.8 Å². The van der Waals surface area contributed by atoms with Gasteiger partial charge in [-0.15, -0.1) is 0 Å².